The van der Waals surface area contributed by atoms with Crippen LogP contribution in [-0.4, -0.2) is 22.2 Å². The summed E-state index contributed by atoms with van der Waals surface area (Å²) in [5.74, 6) is -0.267. The second-order valence-electron chi connectivity index (χ2n) is 6.51. The van der Waals surface area contributed by atoms with E-state index in [9.17, 15) is 9.90 Å². The number of nitrogens with one attached hydrogen (secondary N) is 2. The highest BCUT2D eigenvalue weighted by Crippen LogP contribution is 2.27. The van der Waals surface area contributed by atoms with Crippen LogP contribution in [0.3, 0.4) is 0 Å². The summed E-state index contributed by atoms with van der Waals surface area (Å²) in [6, 6.07) is 22.0. The quantitative estimate of drug-likeness (QED) is 0.235. The summed E-state index contributed by atoms with van der Waals surface area (Å²) in [6.45, 7) is 0. The maximum Gasteiger partial charge on any atom is 0.271 e. The van der Waals surface area contributed by atoms with Crippen LogP contribution in [0.15, 0.2) is 87.8 Å². The summed E-state index contributed by atoms with van der Waals surface area (Å²) in [5.41, 5.74) is 6.15. The summed E-state index contributed by atoms with van der Waals surface area (Å²) in [4.78, 5) is 16.9. The van der Waals surface area contributed by atoms with Gasteiger partial charge in [0, 0.05) is 32.2 Å². The molecular formula is C23H17BrN4O2S. The van der Waals surface area contributed by atoms with E-state index < -0.39 is 0 Å². The van der Waals surface area contributed by atoms with Crippen molar-refractivity contribution >= 4 is 50.2 Å². The van der Waals surface area contributed by atoms with Crippen molar-refractivity contribution in [1.29, 1.82) is 0 Å². The lowest BCUT2D eigenvalue weighted by Gasteiger charge is -2.03. The lowest BCUT2D eigenvalue weighted by Crippen LogP contribution is -2.17. The van der Waals surface area contributed by atoms with Crippen molar-refractivity contribution < 1.29 is 9.90 Å². The Labute approximate surface area is 191 Å². The van der Waals surface area contributed by atoms with E-state index in [0.29, 0.717) is 11.1 Å². The Bertz CT molecular complexity index is 1220. The number of carbonyl (C=O) groups is 1. The third-order valence-corrected chi connectivity index (χ3v) is 5.58. The van der Waals surface area contributed by atoms with Gasteiger partial charge in [0.25, 0.3) is 5.91 Å². The minimum atomic E-state index is -0.345. The Kier molecular flexibility index (Phi) is 6.40. The first-order valence-electron chi connectivity index (χ1n) is 9.28. The van der Waals surface area contributed by atoms with Crippen LogP contribution in [0.25, 0.3) is 11.3 Å². The van der Waals surface area contributed by atoms with E-state index in [4.69, 9.17) is 0 Å². The number of carbonyl (C=O) groups excluding carboxylic acids is 1. The van der Waals surface area contributed by atoms with Crippen LogP contribution >= 0.6 is 27.3 Å². The van der Waals surface area contributed by atoms with E-state index in [1.807, 2.05) is 47.8 Å². The van der Waals surface area contributed by atoms with Gasteiger partial charge in [-0.3, -0.25) is 4.79 Å². The molecule has 8 heteroatoms. The number of hydrazone groups is 1. The van der Waals surface area contributed by atoms with Crippen LogP contribution in [0, 0.1) is 0 Å². The van der Waals surface area contributed by atoms with Crippen LogP contribution in [0.1, 0.15) is 15.9 Å². The second-order valence-corrected chi connectivity index (χ2v) is 8.28. The molecule has 31 heavy (non-hydrogen) atoms. The van der Waals surface area contributed by atoms with Crippen molar-refractivity contribution in [1.82, 2.24) is 10.4 Å². The molecule has 0 fully saturated rings. The predicted octanol–water partition coefficient (Wildman–Crippen LogP) is 5.79. The fourth-order valence-electron chi connectivity index (χ4n) is 2.75. The zero-order valence-electron chi connectivity index (χ0n) is 16.1. The molecule has 1 aromatic heterocycles. The number of nitrogens with zero attached hydrogens (tertiary/aromatic N) is 2. The van der Waals surface area contributed by atoms with Crippen LogP contribution in [-0.2, 0) is 0 Å². The first-order valence-corrected chi connectivity index (χ1v) is 11.0. The number of halogens is 1. The van der Waals surface area contributed by atoms with Gasteiger partial charge in [0.05, 0.1) is 11.9 Å². The molecule has 0 aliphatic heterocycles. The number of thiazole rings is 1. The second kappa shape index (κ2) is 9.55. The first kappa shape index (κ1) is 20.8. The van der Waals surface area contributed by atoms with Gasteiger partial charge in [-0.25, -0.2) is 10.4 Å². The molecule has 0 atom stereocenters. The number of aromatic hydroxyl groups is 1. The molecule has 3 N–H and O–H groups in total. The molecule has 1 amide bonds. The van der Waals surface area contributed by atoms with E-state index in [-0.39, 0.29) is 11.7 Å². The lowest BCUT2D eigenvalue weighted by atomic mass is 10.1. The highest BCUT2D eigenvalue weighted by Gasteiger charge is 2.08. The van der Waals surface area contributed by atoms with Crippen molar-refractivity contribution in [2.24, 2.45) is 5.10 Å². The van der Waals surface area contributed by atoms with E-state index in [1.54, 1.807) is 30.3 Å². The molecule has 6 nitrogen and oxygen atoms in total. The number of para-hydroxylation sites is 1. The number of phenolic OH excluding ortho intramolecular Hbond substituents is 1. The lowest BCUT2D eigenvalue weighted by molar-refractivity contribution is 0.0955. The topological polar surface area (TPSA) is 86.6 Å². The zero-order valence-corrected chi connectivity index (χ0v) is 18.5. The molecule has 0 unspecified atom stereocenters. The minimum Gasteiger partial charge on any atom is -0.507 e. The van der Waals surface area contributed by atoms with Crippen LogP contribution in [0.5, 0.6) is 5.75 Å². The van der Waals surface area contributed by atoms with E-state index >= 15 is 0 Å². The Hall–Kier alpha value is -3.49. The Morgan fingerprint density at radius 1 is 1.06 bits per heavy atom. The molecule has 0 bridgehead atoms. The zero-order chi connectivity index (χ0) is 21.6. The van der Waals surface area contributed by atoms with Gasteiger partial charge in [0.1, 0.15) is 5.75 Å². The van der Waals surface area contributed by atoms with Crippen molar-refractivity contribution in [2.45, 2.75) is 0 Å². The predicted molar refractivity (Wildman–Crippen MR) is 128 cm³/mol. The summed E-state index contributed by atoms with van der Waals surface area (Å²) in [5, 5.41) is 19.8. The maximum atomic E-state index is 12.3. The van der Waals surface area contributed by atoms with Gasteiger partial charge in [0.2, 0.25) is 0 Å². The van der Waals surface area contributed by atoms with Crippen molar-refractivity contribution in [3.05, 3.63) is 93.8 Å². The molecule has 3 aromatic carbocycles. The largest absolute Gasteiger partial charge is 0.507 e. The summed E-state index contributed by atoms with van der Waals surface area (Å²) < 4.78 is 0.804. The number of benzene rings is 3. The van der Waals surface area contributed by atoms with E-state index in [0.717, 1.165) is 26.5 Å². The minimum absolute atomic E-state index is 0.0786. The smallest absolute Gasteiger partial charge is 0.271 e. The van der Waals surface area contributed by atoms with Crippen molar-refractivity contribution in [2.75, 3.05) is 5.32 Å². The van der Waals surface area contributed by atoms with Gasteiger partial charge in [-0.1, -0.05) is 46.3 Å². The number of hydrogen-bond acceptors (Lipinski definition) is 6. The fraction of sp³-hybridized carbons (Fsp3) is 0. The van der Waals surface area contributed by atoms with E-state index in [1.165, 1.54) is 17.6 Å². The third-order valence-electron chi connectivity index (χ3n) is 4.33. The molecular weight excluding hydrogens is 476 g/mol. The van der Waals surface area contributed by atoms with Gasteiger partial charge in [0.15, 0.2) is 5.13 Å². The summed E-state index contributed by atoms with van der Waals surface area (Å²) in [7, 11) is 0. The van der Waals surface area contributed by atoms with Crippen molar-refractivity contribution in [3.63, 3.8) is 0 Å². The number of hydrogen-bond donors (Lipinski definition) is 3. The van der Waals surface area contributed by atoms with Gasteiger partial charge in [-0.2, -0.15) is 5.10 Å². The first-order chi connectivity index (χ1) is 15.1. The number of aromatic nitrogens is 1. The van der Waals surface area contributed by atoms with Gasteiger partial charge >= 0.3 is 0 Å². The van der Waals surface area contributed by atoms with Gasteiger partial charge < -0.3 is 10.4 Å². The third kappa shape index (κ3) is 5.36. The summed E-state index contributed by atoms with van der Waals surface area (Å²) >= 11 is 4.85. The fourth-order valence-corrected chi connectivity index (χ4v) is 3.87. The number of phenols is 1. The molecule has 0 saturated carbocycles. The van der Waals surface area contributed by atoms with E-state index in [2.05, 4.69) is 36.8 Å². The molecule has 154 valence electrons. The Balaban J connectivity index is 1.39. The van der Waals surface area contributed by atoms with Crippen LogP contribution in [0.2, 0.25) is 0 Å². The SMILES string of the molecule is O=C(N/N=C\c1cc(Br)ccc1O)c1ccc(-c2csc(Nc3ccccc3)n2)cc1. The highest BCUT2D eigenvalue weighted by atomic mass is 79.9. The average Bonchev–Trinajstić information content (AvgIpc) is 3.25. The highest BCUT2D eigenvalue weighted by molar-refractivity contribution is 9.10. The number of anilines is 2. The standard InChI is InChI=1S/C23H17BrN4O2S/c24-18-10-11-21(29)17(12-18)13-25-28-22(30)16-8-6-15(7-9-16)20-14-31-23(27-20)26-19-4-2-1-3-5-19/h1-14,29H,(H,26,27)(H,28,30)/b25-13-. The molecule has 0 radical (unpaired) electrons. The normalized spacial score (nSPS) is 10.9. The Morgan fingerprint density at radius 2 is 1.84 bits per heavy atom. The molecule has 4 rings (SSSR count). The average molecular weight is 493 g/mol. The molecule has 0 aliphatic carbocycles. The summed E-state index contributed by atoms with van der Waals surface area (Å²) in [6.07, 6.45) is 1.39. The molecule has 4 aromatic rings. The van der Waals surface area contributed by atoms with Gasteiger partial charge in [-0.15, -0.1) is 11.3 Å². The molecule has 0 aliphatic rings. The maximum absolute atomic E-state index is 12.3. The Morgan fingerprint density at radius 3 is 2.61 bits per heavy atom. The van der Waals surface area contributed by atoms with Gasteiger partial charge in [-0.05, 0) is 42.5 Å². The molecule has 0 spiro atoms. The monoisotopic (exact) mass is 492 g/mol. The number of amides is 1. The molecule has 0 saturated heterocycles. The van der Waals surface area contributed by atoms with Crippen LogP contribution < -0.4 is 10.7 Å². The van der Waals surface area contributed by atoms with Crippen LogP contribution in [0.4, 0.5) is 10.8 Å². The molecule has 1 heterocycles. The number of rotatable bonds is 6. The van der Waals surface area contributed by atoms with Crippen molar-refractivity contribution in [3.8, 4) is 17.0 Å².